The standard InChI is InChI=1S/C17H24N4O3/c1-12-9-16(18-7-8-22-2)21-17(20-12)19-11-13-5-6-14(23-3)15(10-13)24-4/h5-6,9-10H,7-8,11H2,1-4H3,(H2,18,19,20,21). The quantitative estimate of drug-likeness (QED) is 0.683. The SMILES string of the molecule is COCCNc1cc(C)nc(NCc2ccc(OC)c(OC)c2)n1. The molecule has 2 rings (SSSR count). The molecule has 1 aromatic heterocycles. The van der Waals surface area contributed by atoms with Gasteiger partial charge in [0.15, 0.2) is 11.5 Å². The van der Waals surface area contributed by atoms with Crippen LogP contribution < -0.4 is 20.1 Å². The molecule has 0 aliphatic rings. The van der Waals surface area contributed by atoms with E-state index in [1.807, 2.05) is 31.2 Å². The van der Waals surface area contributed by atoms with Crippen molar-refractivity contribution in [2.75, 3.05) is 45.1 Å². The molecule has 1 heterocycles. The topological polar surface area (TPSA) is 77.5 Å². The molecular weight excluding hydrogens is 308 g/mol. The van der Waals surface area contributed by atoms with Crippen LogP contribution >= 0.6 is 0 Å². The van der Waals surface area contributed by atoms with Gasteiger partial charge in [-0.05, 0) is 24.6 Å². The summed E-state index contributed by atoms with van der Waals surface area (Å²) in [6.07, 6.45) is 0. The Morgan fingerprint density at radius 1 is 0.958 bits per heavy atom. The largest absolute Gasteiger partial charge is 0.493 e. The molecule has 0 bridgehead atoms. The van der Waals surface area contributed by atoms with Crippen molar-refractivity contribution in [1.82, 2.24) is 9.97 Å². The Balaban J connectivity index is 2.03. The van der Waals surface area contributed by atoms with Gasteiger partial charge in [0.25, 0.3) is 0 Å². The Bertz CT molecular complexity index is 664. The van der Waals surface area contributed by atoms with Gasteiger partial charge in [0.1, 0.15) is 5.82 Å². The Morgan fingerprint density at radius 3 is 2.46 bits per heavy atom. The summed E-state index contributed by atoms with van der Waals surface area (Å²) in [6.45, 7) is 3.84. The van der Waals surface area contributed by atoms with Gasteiger partial charge in [0.05, 0.1) is 20.8 Å². The highest BCUT2D eigenvalue weighted by Crippen LogP contribution is 2.27. The van der Waals surface area contributed by atoms with Crippen LogP contribution in [0.3, 0.4) is 0 Å². The molecule has 0 atom stereocenters. The molecule has 130 valence electrons. The highest BCUT2D eigenvalue weighted by molar-refractivity contribution is 5.45. The molecule has 0 saturated carbocycles. The number of nitrogens with zero attached hydrogens (tertiary/aromatic N) is 2. The van der Waals surface area contributed by atoms with Gasteiger partial charge in [-0.25, -0.2) is 4.98 Å². The van der Waals surface area contributed by atoms with Crippen LogP contribution in [0.4, 0.5) is 11.8 Å². The highest BCUT2D eigenvalue weighted by Gasteiger charge is 2.06. The zero-order valence-electron chi connectivity index (χ0n) is 14.5. The van der Waals surface area contributed by atoms with Gasteiger partial charge in [-0.15, -0.1) is 0 Å². The van der Waals surface area contributed by atoms with E-state index < -0.39 is 0 Å². The predicted molar refractivity (Wildman–Crippen MR) is 94.0 cm³/mol. The Labute approximate surface area is 142 Å². The fraction of sp³-hybridized carbons (Fsp3) is 0.412. The summed E-state index contributed by atoms with van der Waals surface area (Å²) in [5.74, 6) is 2.75. The maximum Gasteiger partial charge on any atom is 0.225 e. The van der Waals surface area contributed by atoms with Crippen molar-refractivity contribution in [3.63, 3.8) is 0 Å². The molecule has 7 nitrogen and oxygen atoms in total. The molecule has 0 amide bonds. The van der Waals surface area contributed by atoms with Crippen molar-refractivity contribution in [1.29, 1.82) is 0 Å². The summed E-state index contributed by atoms with van der Waals surface area (Å²) in [7, 11) is 4.91. The lowest BCUT2D eigenvalue weighted by atomic mass is 10.2. The van der Waals surface area contributed by atoms with Crippen LogP contribution in [-0.2, 0) is 11.3 Å². The van der Waals surface area contributed by atoms with E-state index in [2.05, 4.69) is 20.6 Å². The van der Waals surface area contributed by atoms with Gasteiger partial charge in [-0.1, -0.05) is 6.07 Å². The van der Waals surface area contributed by atoms with E-state index in [0.717, 1.165) is 17.1 Å². The number of aryl methyl sites for hydroxylation is 1. The average Bonchev–Trinajstić information content (AvgIpc) is 2.59. The molecule has 0 radical (unpaired) electrons. The predicted octanol–water partition coefficient (Wildman–Crippen LogP) is 2.47. The number of ether oxygens (including phenoxy) is 3. The van der Waals surface area contributed by atoms with Gasteiger partial charge in [0.2, 0.25) is 5.95 Å². The first-order chi connectivity index (χ1) is 11.7. The normalized spacial score (nSPS) is 10.3. The van der Waals surface area contributed by atoms with Crippen LogP contribution in [0.25, 0.3) is 0 Å². The molecule has 0 aliphatic carbocycles. The summed E-state index contributed by atoms with van der Waals surface area (Å²) in [4.78, 5) is 8.86. The van der Waals surface area contributed by atoms with E-state index in [9.17, 15) is 0 Å². The van der Waals surface area contributed by atoms with Crippen molar-refractivity contribution in [3.05, 3.63) is 35.5 Å². The zero-order valence-corrected chi connectivity index (χ0v) is 14.5. The van der Waals surface area contributed by atoms with E-state index in [1.165, 1.54) is 0 Å². The summed E-state index contributed by atoms with van der Waals surface area (Å²) < 4.78 is 15.6. The smallest absolute Gasteiger partial charge is 0.225 e. The lowest BCUT2D eigenvalue weighted by molar-refractivity contribution is 0.210. The molecule has 0 fully saturated rings. The number of hydrogen-bond donors (Lipinski definition) is 2. The first kappa shape index (κ1) is 17.8. The number of aromatic nitrogens is 2. The Kier molecular flexibility index (Phi) is 6.62. The molecule has 2 N–H and O–H groups in total. The van der Waals surface area contributed by atoms with Crippen LogP contribution in [0.2, 0.25) is 0 Å². The maximum absolute atomic E-state index is 5.32. The van der Waals surface area contributed by atoms with Crippen molar-refractivity contribution >= 4 is 11.8 Å². The molecule has 1 aromatic carbocycles. The third kappa shape index (κ3) is 4.99. The second-order valence-electron chi connectivity index (χ2n) is 5.18. The first-order valence-corrected chi connectivity index (χ1v) is 7.69. The van der Waals surface area contributed by atoms with Crippen molar-refractivity contribution in [3.8, 4) is 11.5 Å². The molecule has 24 heavy (non-hydrogen) atoms. The first-order valence-electron chi connectivity index (χ1n) is 7.69. The second-order valence-corrected chi connectivity index (χ2v) is 5.18. The summed E-state index contributed by atoms with van der Waals surface area (Å²) in [5, 5.41) is 6.44. The minimum Gasteiger partial charge on any atom is -0.493 e. The Morgan fingerprint density at radius 2 is 1.75 bits per heavy atom. The third-order valence-corrected chi connectivity index (χ3v) is 3.37. The zero-order chi connectivity index (χ0) is 17.4. The van der Waals surface area contributed by atoms with Gasteiger partial charge in [-0.2, -0.15) is 4.98 Å². The van der Waals surface area contributed by atoms with Crippen LogP contribution in [0, 0.1) is 6.92 Å². The number of hydrogen-bond acceptors (Lipinski definition) is 7. The molecule has 0 unspecified atom stereocenters. The monoisotopic (exact) mass is 332 g/mol. The number of nitrogens with one attached hydrogen (secondary N) is 2. The second kappa shape index (κ2) is 8.93. The number of benzene rings is 1. The molecule has 7 heteroatoms. The van der Waals surface area contributed by atoms with Crippen LogP contribution in [0.5, 0.6) is 11.5 Å². The van der Waals surface area contributed by atoms with Gasteiger partial charge >= 0.3 is 0 Å². The number of anilines is 2. The Hall–Kier alpha value is -2.54. The summed E-state index contributed by atoms with van der Waals surface area (Å²) >= 11 is 0. The number of methoxy groups -OCH3 is 3. The lowest BCUT2D eigenvalue weighted by Gasteiger charge is -2.12. The van der Waals surface area contributed by atoms with E-state index in [0.29, 0.717) is 37.1 Å². The minimum atomic E-state index is 0.574. The lowest BCUT2D eigenvalue weighted by Crippen LogP contribution is -2.11. The van der Waals surface area contributed by atoms with Crippen molar-refractivity contribution in [2.45, 2.75) is 13.5 Å². The van der Waals surface area contributed by atoms with Gasteiger partial charge in [-0.3, -0.25) is 0 Å². The van der Waals surface area contributed by atoms with Crippen LogP contribution in [-0.4, -0.2) is 44.4 Å². The minimum absolute atomic E-state index is 0.574. The molecule has 0 spiro atoms. The summed E-state index contributed by atoms with van der Waals surface area (Å²) in [6, 6.07) is 7.68. The fourth-order valence-electron chi connectivity index (χ4n) is 2.19. The molecule has 0 saturated heterocycles. The van der Waals surface area contributed by atoms with E-state index >= 15 is 0 Å². The highest BCUT2D eigenvalue weighted by atomic mass is 16.5. The third-order valence-electron chi connectivity index (χ3n) is 3.37. The van der Waals surface area contributed by atoms with Gasteiger partial charge < -0.3 is 24.8 Å². The van der Waals surface area contributed by atoms with Crippen molar-refractivity contribution in [2.24, 2.45) is 0 Å². The average molecular weight is 332 g/mol. The van der Waals surface area contributed by atoms with Crippen molar-refractivity contribution < 1.29 is 14.2 Å². The summed E-state index contributed by atoms with van der Waals surface area (Å²) in [5.41, 5.74) is 1.94. The number of rotatable bonds is 9. The molecular formula is C17H24N4O3. The maximum atomic E-state index is 5.32. The molecule has 0 aliphatic heterocycles. The van der Waals surface area contributed by atoms with Crippen LogP contribution in [0.1, 0.15) is 11.3 Å². The van der Waals surface area contributed by atoms with E-state index in [4.69, 9.17) is 14.2 Å². The van der Waals surface area contributed by atoms with E-state index in [1.54, 1.807) is 21.3 Å². The van der Waals surface area contributed by atoms with E-state index in [-0.39, 0.29) is 0 Å². The van der Waals surface area contributed by atoms with Gasteiger partial charge in [0, 0.05) is 32.0 Å². The molecule has 2 aromatic rings. The van der Waals surface area contributed by atoms with Crippen LogP contribution in [0.15, 0.2) is 24.3 Å². The fourth-order valence-corrected chi connectivity index (χ4v) is 2.19.